The number of rotatable bonds is 4. The second kappa shape index (κ2) is 7.18. The van der Waals surface area contributed by atoms with Crippen LogP contribution >= 0.6 is 0 Å². The van der Waals surface area contributed by atoms with E-state index in [9.17, 15) is 19.7 Å². The lowest BCUT2D eigenvalue weighted by molar-refractivity contribution is -0.384. The Morgan fingerprint density at radius 2 is 1.88 bits per heavy atom. The van der Waals surface area contributed by atoms with E-state index in [1.807, 2.05) is 24.3 Å². The van der Waals surface area contributed by atoms with Crippen LogP contribution in [0, 0.1) is 10.1 Å². The molecule has 0 bridgehead atoms. The van der Waals surface area contributed by atoms with Crippen molar-refractivity contribution >= 4 is 29.3 Å². The Hall–Kier alpha value is -3.48. The third kappa shape index (κ3) is 3.32. The highest BCUT2D eigenvalue weighted by atomic mass is 16.6. The molecule has 0 saturated heterocycles. The summed E-state index contributed by atoms with van der Waals surface area (Å²) in [5.41, 5.74) is 2.31. The van der Waals surface area contributed by atoms with Gasteiger partial charge in [0.25, 0.3) is 11.6 Å². The molecule has 1 atom stereocenters. The van der Waals surface area contributed by atoms with Gasteiger partial charge < -0.3 is 5.32 Å². The lowest BCUT2D eigenvalue weighted by Crippen LogP contribution is -2.46. The standard InChI is InChI=1S/C19H17N3O4/c1-20-19(24)17-12-14-4-2-3-5-16(14)21(17)18(23)11-8-13-6-9-15(10-7-13)22(25)26/h2-11,17H,12H2,1H3,(H,20,24)/b11-8-/t17-/m0/s1. The van der Waals surface area contributed by atoms with Gasteiger partial charge in [-0.05, 0) is 35.4 Å². The number of nitrogens with zero attached hydrogens (tertiary/aromatic N) is 2. The second-order valence-corrected chi connectivity index (χ2v) is 5.85. The van der Waals surface area contributed by atoms with Crippen LogP contribution < -0.4 is 10.2 Å². The minimum Gasteiger partial charge on any atom is -0.357 e. The summed E-state index contributed by atoms with van der Waals surface area (Å²) in [4.78, 5) is 36.6. The molecule has 26 heavy (non-hydrogen) atoms. The van der Waals surface area contributed by atoms with Gasteiger partial charge in [-0.15, -0.1) is 0 Å². The van der Waals surface area contributed by atoms with Gasteiger partial charge in [0.15, 0.2) is 0 Å². The van der Waals surface area contributed by atoms with E-state index in [4.69, 9.17) is 0 Å². The van der Waals surface area contributed by atoms with Crippen LogP contribution in [-0.4, -0.2) is 29.8 Å². The third-order valence-electron chi connectivity index (χ3n) is 4.28. The molecule has 2 aromatic carbocycles. The largest absolute Gasteiger partial charge is 0.357 e. The number of likely N-dealkylation sites (N-methyl/N-ethyl adjacent to an activating group) is 1. The zero-order valence-corrected chi connectivity index (χ0v) is 14.1. The normalized spacial score (nSPS) is 15.7. The monoisotopic (exact) mass is 351 g/mol. The number of carbonyl (C=O) groups excluding carboxylic acids is 2. The SMILES string of the molecule is CNC(=O)[C@@H]1Cc2ccccc2N1C(=O)/C=C\c1ccc([N+](=O)[O-])cc1. The third-order valence-corrected chi connectivity index (χ3v) is 4.28. The number of fused-ring (bicyclic) bond motifs is 1. The fourth-order valence-corrected chi connectivity index (χ4v) is 2.99. The lowest BCUT2D eigenvalue weighted by Gasteiger charge is -2.23. The zero-order chi connectivity index (χ0) is 18.7. The Morgan fingerprint density at radius 1 is 1.19 bits per heavy atom. The van der Waals surface area contributed by atoms with Gasteiger partial charge in [-0.25, -0.2) is 0 Å². The first-order chi connectivity index (χ1) is 12.5. The Balaban J connectivity index is 1.84. The van der Waals surface area contributed by atoms with E-state index < -0.39 is 11.0 Å². The summed E-state index contributed by atoms with van der Waals surface area (Å²) >= 11 is 0. The predicted molar refractivity (Wildman–Crippen MR) is 97.6 cm³/mol. The summed E-state index contributed by atoms with van der Waals surface area (Å²) in [6, 6.07) is 12.7. The maximum atomic E-state index is 12.7. The van der Waals surface area contributed by atoms with Gasteiger partial charge in [0.2, 0.25) is 5.91 Å². The molecule has 7 heteroatoms. The van der Waals surface area contributed by atoms with Gasteiger partial charge in [-0.1, -0.05) is 18.2 Å². The first-order valence-electron chi connectivity index (χ1n) is 8.06. The van der Waals surface area contributed by atoms with Crippen molar-refractivity contribution in [2.75, 3.05) is 11.9 Å². The number of hydrogen-bond acceptors (Lipinski definition) is 4. The highest BCUT2D eigenvalue weighted by Gasteiger charge is 2.36. The first-order valence-corrected chi connectivity index (χ1v) is 8.06. The summed E-state index contributed by atoms with van der Waals surface area (Å²) in [5.74, 6) is -0.541. The molecule has 0 fully saturated rings. The fourth-order valence-electron chi connectivity index (χ4n) is 2.99. The van der Waals surface area contributed by atoms with Crippen molar-refractivity contribution in [3.63, 3.8) is 0 Å². The molecule has 7 nitrogen and oxygen atoms in total. The smallest absolute Gasteiger partial charge is 0.269 e. The average Bonchev–Trinajstić information content (AvgIpc) is 3.05. The number of non-ortho nitro benzene ring substituents is 1. The molecule has 0 aromatic heterocycles. The van der Waals surface area contributed by atoms with E-state index in [2.05, 4.69) is 5.32 Å². The molecular weight excluding hydrogens is 334 g/mol. The van der Waals surface area contributed by atoms with Gasteiger partial charge in [-0.3, -0.25) is 24.6 Å². The number of para-hydroxylation sites is 1. The highest BCUT2D eigenvalue weighted by molar-refractivity contribution is 6.09. The molecule has 0 aliphatic carbocycles. The molecule has 0 spiro atoms. The van der Waals surface area contributed by atoms with E-state index in [-0.39, 0.29) is 17.5 Å². The summed E-state index contributed by atoms with van der Waals surface area (Å²) < 4.78 is 0. The molecule has 2 amide bonds. The Bertz CT molecular complexity index is 890. The maximum Gasteiger partial charge on any atom is 0.269 e. The van der Waals surface area contributed by atoms with Gasteiger partial charge >= 0.3 is 0 Å². The molecule has 2 aromatic rings. The van der Waals surface area contributed by atoms with Crippen molar-refractivity contribution in [3.05, 3.63) is 75.8 Å². The lowest BCUT2D eigenvalue weighted by atomic mass is 10.1. The maximum absolute atomic E-state index is 12.7. The van der Waals surface area contributed by atoms with E-state index in [1.54, 1.807) is 25.3 Å². The van der Waals surface area contributed by atoms with Gasteiger partial charge in [0.1, 0.15) is 6.04 Å². The fraction of sp³-hybridized carbons (Fsp3) is 0.158. The molecule has 0 saturated carbocycles. The quantitative estimate of drug-likeness (QED) is 0.520. The molecule has 1 heterocycles. The minimum atomic E-state index is -0.591. The van der Waals surface area contributed by atoms with Crippen molar-refractivity contribution < 1.29 is 14.5 Å². The van der Waals surface area contributed by atoms with Gasteiger partial charge in [-0.2, -0.15) is 0 Å². The average molecular weight is 351 g/mol. The van der Waals surface area contributed by atoms with Gasteiger partial charge in [0.05, 0.1) is 4.92 Å². The number of hydrogen-bond donors (Lipinski definition) is 1. The van der Waals surface area contributed by atoms with E-state index in [0.29, 0.717) is 12.0 Å². The van der Waals surface area contributed by atoms with Crippen LogP contribution in [0.4, 0.5) is 11.4 Å². The summed E-state index contributed by atoms with van der Waals surface area (Å²) in [6.07, 6.45) is 3.42. The highest BCUT2D eigenvalue weighted by Crippen LogP contribution is 2.32. The number of nitro groups is 1. The molecule has 132 valence electrons. The van der Waals surface area contributed by atoms with E-state index >= 15 is 0 Å². The molecule has 1 aliphatic rings. The zero-order valence-electron chi connectivity index (χ0n) is 14.1. The van der Waals surface area contributed by atoms with E-state index in [1.165, 1.54) is 23.1 Å². The van der Waals surface area contributed by atoms with Gasteiger partial charge in [0, 0.05) is 37.4 Å². The van der Waals surface area contributed by atoms with Crippen LogP contribution in [0.2, 0.25) is 0 Å². The number of anilines is 1. The Labute approximate surface area is 150 Å². The molecule has 1 N–H and O–H groups in total. The van der Waals surface area contributed by atoms with Crippen molar-refractivity contribution in [1.82, 2.24) is 5.32 Å². The van der Waals surface area contributed by atoms with Crippen LogP contribution in [0.3, 0.4) is 0 Å². The topological polar surface area (TPSA) is 92.6 Å². The number of carbonyl (C=O) groups is 2. The first kappa shape index (κ1) is 17.3. The number of benzene rings is 2. The Morgan fingerprint density at radius 3 is 2.54 bits per heavy atom. The van der Waals surface area contributed by atoms with Crippen LogP contribution in [0.25, 0.3) is 6.08 Å². The van der Waals surface area contributed by atoms with Crippen LogP contribution in [0.15, 0.2) is 54.6 Å². The summed E-state index contributed by atoms with van der Waals surface area (Å²) in [5, 5.41) is 13.3. The molecule has 1 aliphatic heterocycles. The number of nitrogens with one attached hydrogen (secondary N) is 1. The summed E-state index contributed by atoms with van der Waals surface area (Å²) in [6.45, 7) is 0. The molecule has 3 rings (SSSR count). The number of nitro benzene ring substituents is 1. The molecule has 0 radical (unpaired) electrons. The molecular formula is C19H17N3O4. The van der Waals surface area contributed by atoms with Crippen LogP contribution in [-0.2, 0) is 16.0 Å². The predicted octanol–water partition coefficient (Wildman–Crippen LogP) is 2.31. The number of amides is 2. The Kier molecular flexibility index (Phi) is 4.79. The summed E-state index contributed by atoms with van der Waals surface area (Å²) in [7, 11) is 1.54. The minimum absolute atomic E-state index is 0.0124. The second-order valence-electron chi connectivity index (χ2n) is 5.85. The van der Waals surface area contributed by atoms with Crippen LogP contribution in [0.5, 0.6) is 0 Å². The van der Waals surface area contributed by atoms with E-state index in [0.717, 1.165) is 11.3 Å². The van der Waals surface area contributed by atoms with Crippen molar-refractivity contribution in [1.29, 1.82) is 0 Å². The molecule has 0 unspecified atom stereocenters. The van der Waals surface area contributed by atoms with Crippen molar-refractivity contribution in [3.8, 4) is 0 Å². The van der Waals surface area contributed by atoms with Crippen molar-refractivity contribution in [2.24, 2.45) is 0 Å². The van der Waals surface area contributed by atoms with Crippen molar-refractivity contribution in [2.45, 2.75) is 12.5 Å². The van der Waals surface area contributed by atoms with Crippen LogP contribution in [0.1, 0.15) is 11.1 Å².